The molecule has 0 amide bonds. The zero-order valence-corrected chi connectivity index (χ0v) is 14.5. The van der Waals surface area contributed by atoms with Gasteiger partial charge in [0, 0.05) is 23.6 Å². The number of aryl methyl sites for hydroxylation is 1. The third-order valence-electron chi connectivity index (χ3n) is 3.56. The minimum absolute atomic E-state index is 0.443. The van der Waals surface area contributed by atoms with Crippen LogP contribution in [0.1, 0.15) is 37.9 Å². The van der Waals surface area contributed by atoms with Gasteiger partial charge in [0.2, 0.25) is 0 Å². The van der Waals surface area contributed by atoms with Crippen LogP contribution in [-0.2, 0) is 6.42 Å². The molecule has 0 spiro atoms. The highest BCUT2D eigenvalue weighted by Crippen LogP contribution is 2.26. The van der Waals surface area contributed by atoms with Gasteiger partial charge in [-0.3, -0.25) is 0 Å². The van der Waals surface area contributed by atoms with Gasteiger partial charge in [0.25, 0.3) is 0 Å². The van der Waals surface area contributed by atoms with E-state index in [1.54, 1.807) is 0 Å². The van der Waals surface area contributed by atoms with Gasteiger partial charge < -0.3 is 10.2 Å². The third kappa shape index (κ3) is 5.86. The van der Waals surface area contributed by atoms with Gasteiger partial charge in [0.05, 0.1) is 0 Å². The second-order valence-electron chi connectivity index (χ2n) is 5.51. The Labute approximate surface area is 129 Å². The molecule has 0 bridgehead atoms. The van der Waals surface area contributed by atoms with E-state index in [-0.39, 0.29) is 0 Å². The molecule has 1 aromatic rings. The summed E-state index contributed by atoms with van der Waals surface area (Å²) in [6.07, 6.45) is 1.11. The van der Waals surface area contributed by atoms with Crippen molar-refractivity contribution in [3.05, 3.63) is 35.4 Å². The summed E-state index contributed by atoms with van der Waals surface area (Å²) < 4.78 is 0. The van der Waals surface area contributed by atoms with E-state index in [2.05, 4.69) is 81.1 Å². The SMILES string of the molecule is CCNC(c1ccc(CC)cc1)C(C)SCCN(C)C. The summed E-state index contributed by atoms with van der Waals surface area (Å²) in [6.45, 7) is 8.88. The Balaban J connectivity index is 2.65. The van der Waals surface area contributed by atoms with Crippen molar-refractivity contribution in [3.8, 4) is 0 Å². The molecule has 0 heterocycles. The average Bonchev–Trinajstić information content (AvgIpc) is 2.44. The van der Waals surface area contributed by atoms with Gasteiger partial charge in [0.15, 0.2) is 0 Å². The number of thioether (sulfide) groups is 1. The molecular weight excluding hydrogens is 264 g/mol. The van der Waals surface area contributed by atoms with Gasteiger partial charge >= 0.3 is 0 Å². The van der Waals surface area contributed by atoms with Crippen molar-refractivity contribution in [1.82, 2.24) is 10.2 Å². The molecule has 0 aliphatic carbocycles. The Morgan fingerprint density at radius 3 is 2.30 bits per heavy atom. The number of benzene rings is 1. The minimum Gasteiger partial charge on any atom is -0.309 e. The Hall–Kier alpha value is -0.510. The van der Waals surface area contributed by atoms with Gasteiger partial charge in [-0.15, -0.1) is 0 Å². The fourth-order valence-electron chi connectivity index (χ4n) is 2.25. The topological polar surface area (TPSA) is 15.3 Å². The van der Waals surface area contributed by atoms with Gasteiger partial charge in [-0.2, -0.15) is 11.8 Å². The van der Waals surface area contributed by atoms with E-state index >= 15 is 0 Å². The zero-order chi connectivity index (χ0) is 15.0. The summed E-state index contributed by atoms with van der Waals surface area (Å²) in [7, 11) is 4.27. The maximum Gasteiger partial charge on any atom is 0.0437 e. The van der Waals surface area contributed by atoms with Crippen LogP contribution in [-0.4, -0.2) is 43.1 Å². The lowest BCUT2D eigenvalue weighted by atomic mass is 10.0. The molecule has 1 N–H and O–H groups in total. The predicted octanol–water partition coefficient (Wildman–Crippen LogP) is 3.58. The van der Waals surface area contributed by atoms with Crippen molar-refractivity contribution in [1.29, 1.82) is 0 Å². The van der Waals surface area contributed by atoms with Crippen LogP contribution >= 0.6 is 11.8 Å². The predicted molar refractivity (Wildman–Crippen MR) is 92.7 cm³/mol. The summed E-state index contributed by atoms with van der Waals surface area (Å²) in [5.41, 5.74) is 2.82. The first-order chi connectivity index (χ1) is 9.58. The minimum atomic E-state index is 0.443. The Bertz CT molecular complexity index is 362. The summed E-state index contributed by atoms with van der Waals surface area (Å²) in [6, 6.07) is 9.54. The number of nitrogens with zero attached hydrogens (tertiary/aromatic N) is 1. The summed E-state index contributed by atoms with van der Waals surface area (Å²) >= 11 is 2.05. The van der Waals surface area contributed by atoms with Crippen molar-refractivity contribution in [2.45, 2.75) is 38.5 Å². The second-order valence-corrected chi connectivity index (χ2v) is 6.99. The van der Waals surface area contributed by atoms with Crippen LogP contribution in [0.4, 0.5) is 0 Å². The fraction of sp³-hybridized carbons (Fsp3) is 0.647. The largest absolute Gasteiger partial charge is 0.309 e. The Morgan fingerprint density at radius 1 is 1.15 bits per heavy atom. The number of nitrogens with one attached hydrogen (secondary N) is 1. The maximum absolute atomic E-state index is 3.64. The van der Waals surface area contributed by atoms with Gasteiger partial charge in [0.1, 0.15) is 0 Å². The molecule has 2 unspecified atom stereocenters. The first kappa shape index (κ1) is 17.5. The van der Waals surface area contributed by atoms with E-state index in [0.29, 0.717) is 11.3 Å². The normalized spacial score (nSPS) is 14.5. The molecular formula is C17H30N2S. The first-order valence-corrected chi connectivity index (χ1v) is 8.71. The van der Waals surface area contributed by atoms with E-state index in [0.717, 1.165) is 19.5 Å². The fourth-order valence-corrected chi connectivity index (χ4v) is 3.54. The highest BCUT2D eigenvalue weighted by molar-refractivity contribution is 7.99. The molecule has 0 fully saturated rings. The van der Waals surface area contributed by atoms with Crippen molar-refractivity contribution >= 4 is 11.8 Å². The van der Waals surface area contributed by atoms with E-state index < -0.39 is 0 Å². The van der Waals surface area contributed by atoms with Crippen molar-refractivity contribution in [3.63, 3.8) is 0 Å². The zero-order valence-electron chi connectivity index (χ0n) is 13.6. The van der Waals surface area contributed by atoms with Crippen LogP contribution in [0.5, 0.6) is 0 Å². The number of hydrogen-bond donors (Lipinski definition) is 1. The van der Waals surface area contributed by atoms with Crippen LogP contribution in [0.3, 0.4) is 0 Å². The van der Waals surface area contributed by atoms with Crippen molar-refractivity contribution in [2.24, 2.45) is 0 Å². The van der Waals surface area contributed by atoms with E-state index in [9.17, 15) is 0 Å². The molecule has 0 saturated heterocycles. The van der Waals surface area contributed by atoms with Crippen LogP contribution in [0, 0.1) is 0 Å². The third-order valence-corrected chi connectivity index (χ3v) is 4.78. The molecule has 3 heteroatoms. The lowest BCUT2D eigenvalue weighted by molar-refractivity contribution is 0.436. The van der Waals surface area contributed by atoms with Crippen molar-refractivity contribution < 1.29 is 0 Å². The Morgan fingerprint density at radius 2 is 1.80 bits per heavy atom. The highest BCUT2D eigenvalue weighted by Gasteiger charge is 2.18. The average molecular weight is 295 g/mol. The summed E-state index contributed by atoms with van der Waals surface area (Å²) in [5.74, 6) is 1.18. The van der Waals surface area contributed by atoms with Gasteiger partial charge in [-0.1, -0.05) is 45.0 Å². The van der Waals surface area contributed by atoms with Crippen LogP contribution in [0.15, 0.2) is 24.3 Å². The van der Waals surface area contributed by atoms with Crippen LogP contribution in [0.25, 0.3) is 0 Å². The van der Waals surface area contributed by atoms with Crippen LogP contribution in [0.2, 0.25) is 0 Å². The van der Waals surface area contributed by atoms with Crippen LogP contribution < -0.4 is 5.32 Å². The lowest BCUT2D eigenvalue weighted by Crippen LogP contribution is -2.29. The van der Waals surface area contributed by atoms with Crippen molar-refractivity contribution in [2.75, 3.05) is 32.9 Å². The molecule has 0 aliphatic rings. The maximum atomic E-state index is 3.64. The Kier molecular flexibility index (Phi) is 8.27. The molecule has 0 saturated carbocycles. The number of rotatable bonds is 9. The lowest BCUT2D eigenvalue weighted by Gasteiger charge is -2.25. The molecule has 1 rings (SSSR count). The van der Waals surface area contributed by atoms with Gasteiger partial charge in [-0.25, -0.2) is 0 Å². The standard InChI is InChI=1S/C17H30N2S/c1-6-15-8-10-16(11-9-15)17(18-7-2)14(3)20-13-12-19(4)5/h8-11,14,17-18H,6-7,12-13H2,1-5H3. The molecule has 2 nitrogen and oxygen atoms in total. The molecule has 0 radical (unpaired) electrons. The summed E-state index contributed by atoms with van der Waals surface area (Å²) in [4.78, 5) is 2.25. The molecule has 1 aromatic carbocycles. The molecule has 20 heavy (non-hydrogen) atoms. The van der Waals surface area contributed by atoms with E-state index in [4.69, 9.17) is 0 Å². The smallest absolute Gasteiger partial charge is 0.0437 e. The molecule has 0 aliphatic heterocycles. The second kappa shape index (κ2) is 9.43. The highest BCUT2D eigenvalue weighted by atomic mass is 32.2. The molecule has 0 aromatic heterocycles. The molecule has 114 valence electrons. The summed E-state index contributed by atoms with van der Waals surface area (Å²) in [5, 5.41) is 4.23. The van der Waals surface area contributed by atoms with E-state index in [1.165, 1.54) is 16.9 Å². The monoisotopic (exact) mass is 294 g/mol. The first-order valence-electron chi connectivity index (χ1n) is 7.67. The number of hydrogen-bond acceptors (Lipinski definition) is 3. The molecule has 2 atom stereocenters. The van der Waals surface area contributed by atoms with E-state index in [1.807, 2.05) is 0 Å². The van der Waals surface area contributed by atoms with Gasteiger partial charge in [-0.05, 0) is 38.2 Å². The quantitative estimate of drug-likeness (QED) is 0.749.